The van der Waals surface area contributed by atoms with E-state index in [1.54, 1.807) is 24.3 Å². The van der Waals surface area contributed by atoms with Crippen LogP contribution in [-0.2, 0) is 15.0 Å². The van der Waals surface area contributed by atoms with Crippen LogP contribution in [0.4, 0.5) is 0 Å². The minimum absolute atomic E-state index is 0.0507. The number of nitrogens with one attached hydrogen (secondary N) is 1. The van der Waals surface area contributed by atoms with E-state index in [-0.39, 0.29) is 12.0 Å². The summed E-state index contributed by atoms with van der Waals surface area (Å²) < 4.78 is 10.6. The maximum atomic E-state index is 11.9. The van der Waals surface area contributed by atoms with Crippen molar-refractivity contribution in [3.63, 3.8) is 0 Å². The number of hydrazone groups is 1. The highest BCUT2D eigenvalue weighted by molar-refractivity contribution is 5.85. The summed E-state index contributed by atoms with van der Waals surface area (Å²) in [5.41, 5.74) is 4.14. The number of carboxylic acid groups (broad SMARTS) is 1. The molecule has 7 heteroatoms. The number of benzene rings is 2. The molecule has 7 nitrogen and oxygen atoms in total. The second-order valence-corrected chi connectivity index (χ2v) is 7.08. The molecule has 148 valence electrons. The molecule has 28 heavy (non-hydrogen) atoms. The van der Waals surface area contributed by atoms with Gasteiger partial charge in [-0.2, -0.15) is 5.10 Å². The number of carbonyl (C=O) groups excluding carboxylic acids is 1. The zero-order chi connectivity index (χ0) is 20.6. The van der Waals surface area contributed by atoms with Crippen LogP contribution in [0.1, 0.15) is 31.9 Å². The smallest absolute Gasteiger partial charge is 0.341 e. The van der Waals surface area contributed by atoms with Crippen molar-refractivity contribution in [1.29, 1.82) is 0 Å². The van der Waals surface area contributed by atoms with Gasteiger partial charge in [0, 0.05) is 5.56 Å². The van der Waals surface area contributed by atoms with Crippen molar-refractivity contribution in [1.82, 2.24) is 5.43 Å². The van der Waals surface area contributed by atoms with Crippen molar-refractivity contribution in [3.05, 3.63) is 59.7 Å². The third-order valence-electron chi connectivity index (χ3n) is 3.75. The second kappa shape index (κ2) is 9.55. The fourth-order valence-electron chi connectivity index (χ4n) is 2.26. The van der Waals surface area contributed by atoms with Crippen LogP contribution in [0.3, 0.4) is 0 Å². The van der Waals surface area contributed by atoms with Gasteiger partial charge in [0.1, 0.15) is 11.5 Å². The van der Waals surface area contributed by atoms with Gasteiger partial charge in [0.05, 0.1) is 6.21 Å². The quantitative estimate of drug-likeness (QED) is 0.539. The molecule has 0 aliphatic heterocycles. The molecule has 0 aromatic heterocycles. The highest BCUT2D eigenvalue weighted by Crippen LogP contribution is 2.24. The Hall–Kier alpha value is -3.35. The standard InChI is InChI=1S/C21H24N2O5/c1-21(2,3)16-8-10-17(11-9-16)27-13-19(24)23-22-12-15-6-4-5-7-18(15)28-14-20(25)26/h4-12H,13-14H2,1-3H3,(H,23,24)(H,25,26)/b22-12-. The zero-order valence-electron chi connectivity index (χ0n) is 16.1. The van der Waals surface area contributed by atoms with E-state index in [1.165, 1.54) is 11.8 Å². The molecule has 2 rings (SSSR count). The number of carbonyl (C=O) groups is 2. The number of nitrogens with zero attached hydrogens (tertiary/aromatic N) is 1. The Morgan fingerprint density at radius 1 is 1.04 bits per heavy atom. The predicted molar refractivity (Wildman–Crippen MR) is 106 cm³/mol. The molecule has 0 heterocycles. The third kappa shape index (κ3) is 6.75. The van der Waals surface area contributed by atoms with Crippen molar-refractivity contribution in [2.75, 3.05) is 13.2 Å². The molecule has 2 aromatic rings. The lowest BCUT2D eigenvalue weighted by Gasteiger charge is -2.19. The van der Waals surface area contributed by atoms with Gasteiger partial charge in [-0.1, -0.05) is 45.0 Å². The molecule has 2 aromatic carbocycles. The summed E-state index contributed by atoms with van der Waals surface area (Å²) in [7, 11) is 0. The molecular weight excluding hydrogens is 360 g/mol. The van der Waals surface area contributed by atoms with Crippen molar-refractivity contribution >= 4 is 18.1 Å². The lowest BCUT2D eigenvalue weighted by Crippen LogP contribution is -2.24. The third-order valence-corrected chi connectivity index (χ3v) is 3.75. The number of carboxylic acids is 1. The Morgan fingerprint density at radius 3 is 2.36 bits per heavy atom. The van der Waals surface area contributed by atoms with Crippen molar-refractivity contribution in [2.45, 2.75) is 26.2 Å². The van der Waals surface area contributed by atoms with E-state index in [0.29, 0.717) is 17.1 Å². The van der Waals surface area contributed by atoms with Gasteiger partial charge < -0.3 is 14.6 Å². The first-order chi connectivity index (χ1) is 13.3. The van der Waals surface area contributed by atoms with E-state index >= 15 is 0 Å². The molecule has 0 spiro atoms. The summed E-state index contributed by atoms with van der Waals surface area (Å²) in [4.78, 5) is 22.5. The topological polar surface area (TPSA) is 97.2 Å². The van der Waals surface area contributed by atoms with Gasteiger partial charge in [0.15, 0.2) is 13.2 Å². The summed E-state index contributed by atoms with van der Waals surface area (Å²) in [6, 6.07) is 14.4. The minimum Gasteiger partial charge on any atom is -0.484 e. The van der Waals surface area contributed by atoms with Crippen molar-refractivity contribution < 1.29 is 24.2 Å². The lowest BCUT2D eigenvalue weighted by atomic mass is 9.87. The van der Waals surface area contributed by atoms with Crippen LogP contribution in [0.5, 0.6) is 11.5 Å². The number of hydrogen-bond acceptors (Lipinski definition) is 5. The monoisotopic (exact) mass is 384 g/mol. The molecule has 0 saturated carbocycles. The van der Waals surface area contributed by atoms with E-state index in [2.05, 4.69) is 31.3 Å². The lowest BCUT2D eigenvalue weighted by molar-refractivity contribution is -0.139. The highest BCUT2D eigenvalue weighted by Gasteiger charge is 2.13. The predicted octanol–water partition coefficient (Wildman–Crippen LogP) is 2.98. The van der Waals surface area contributed by atoms with E-state index in [1.807, 2.05) is 24.3 Å². The zero-order valence-corrected chi connectivity index (χ0v) is 16.1. The van der Waals surface area contributed by atoms with Crippen molar-refractivity contribution in [3.8, 4) is 11.5 Å². The number of hydrogen-bond donors (Lipinski definition) is 2. The molecule has 0 radical (unpaired) electrons. The molecule has 0 aliphatic carbocycles. The Balaban J connectivity index is 1.85. The fraction of sp³-hybridized carbons (Fsp3) is 0.286. The average Bonchev–Trinajstić information content (AvgIpc) is 2.65. The number of rotatable bonds is 8. The average molecular weight is 384 g/mol. The summed E-state index contributed by atoms with van der Waals surface area (Å²) >= 11 is 0. The van der Waals surface area contributed by atoms with Gasteiger partial charge in [-0.05, 0) is 35.2 Å². The number of ether oxygens (including phenoxy) is 2. The fourth-order valence-corrected chi connectivity index (χ4v) is 2.26. The van der Waals surface area contributed by atoms with Crippen LogP contribution in [0.15, 0.2) is 53.6 Å². The first-order valence-corrected chi connectivity index (χ1v) is 8.74. The van der Waals surface area contributed by atoms with Crippen molar-refractivity contribution in [2.24, 2.45) is 5.10 Å². The largest absolute Gasteiger partial charge is 0.484 e. The minimum atomic E-state index is -1.08. The highest BCUT2D eigenvalue weighted by atomic mass is 16.5. The first-order valence-electron chi connectivity index (χ1n) is 8.74. The number of aliphatic carboxylic acids is 1. The van der Waals surface area contributed by atoms with Gasteiger partial charge in [0.2, 0.25) is 0 Å². The van der Waals surface area contributed by atoms with Gasteiger partial charge in [-0.15, -0.1) is 0 Å². The summed E-state index contributed by atoms with van der Waals surface area (Å²) in [6.07, 6.45) is 1.38. The van der Waals surface area contributed by atoms with Crippen LogP contribution in [0, 0.1) is 0 Å². The molecule has 2 N–H and O–H groups in total. The maximum absolute atomic E-state index is 11.9. The SMILES string of the molecule is CC(C)(C)c1ccc(OCC(=O)N/N=C\c2ccccc2OCC(=O)O)cc1. The van der Waals surface area contributed by atoms with Crippen LogP contribution < -0.4 is 14.9 Å². The summed E-state index contributed by atoms with van der Waals surface area (Å²) in [5.74, 6) is -0.537. The summed E-state index contributed by atoms with van der Waals surface area (Å²) in [5, 5.41) is 12.5. The molecule has 0 bridgehead atoms. The van der Waals surface area contributed by atoms with E-state index < -0.39 is 18.5 Å². The van der Waals surface area contributed by atoms with Crippen LogP contribution in [0.25, 0.3) is 0 Å². The Bertz CT molecular complexity index is 839. The van der Waals surface area contributed by atoms with Crippen LogP contribution in [-0.4, -0.2) is 36.4 Å². The van der Waals surface area contributed by atoms with E-state index in [4.69, 9.17) is 14.6 Å². The van der Waals surface area contributed by atoms with E-state index in [0.717, 1.165) is 0 Å². The summed E-state index contributed by atoms with van der Waals surface area (Å²) in [6.45, 7) is 5.74. The molecule has 0 saturated heterocycles. The Kier molecular flexibility index (Phi) is 7.14. The Labute approximate surface area is 164 Å². The van der Waals surface area contributed by atoms with Gasteiger partial charge in [-0.25, -0.2) is 10.2 Å². The van der Waals surface area contributed by atoms with Gasteiger partial charge in [0.25, 0.3) is 5.91 Å². The Morgan fingerprint density at radius 2 is 1.71 bits per heavy atom. The van der Waals surface area contributed by atoms with Gasteiger partial charge in [-0.3, -0.25) is 4.79 Å². The second-order valence-electron chi connectivity index (χ2n) is 7.08. The molecular formula is C21H24N2O5. The van der Waals surface area contributed by atoms with Gasteiger partial charge >= 0.3 is 5.97 Å². The first kappa shape index (κ1) is 21.0. The van der Waals surface area contributed by atoms with Crippen LogP contribution in [0.2, 0.25) is 0 Å². The van der Waals surface area contributed by atoms with E-state index in [9.17, 15) is 9.59 Å². The molecule has 0 atom stereocenters. The molecule has 0 unspecified atom stereocenters. The number of para-hydroxylation sites is 1. The molecule has 1 amide bonds. The normalized spacial score (nSPS) is 11.2. The van der Waals surface area contributed by atoms with Crippen LogP contribution >= 0.6 is 0 Å². The molecule has 0 aliphatic rings. The molecule has 0 fully saturated rings. The maximum Gasteiger partial charge on any atom is 0.341 e. The number of amides is 1.